The average Bonchev–Trinajstić information content (AvgIpc) is 3.06. The molecule has 1 atom stereocenters. The number of ether oxygens (including phenoxy) is 1. The van der Waals surface area contributed by atoms with E-state index in [9.17, 15) is 4.79 Å². The SMILES string of the molecule is COCc1ccc(C(=O)N[C@@H]2CCc3cc(C)ccc32)s1. The van der Waals surface area contributed by atoms with Gasteiger partial charge in [-0.1, -0.05) is 23.8 Å². The van der Waals surface area contributed by atoms with E-state index in [-0.39, 0.29) is 11.9 Å². The van der Waals surface area contributed by atoms with Crippen LogP contribution in [0.1, 0.15) is 43.7 Å². The Bertz CT molecular complexity index is 663. The second kappa shape index (κ2) is 6.00. The van der Waals surface area contributed by atoms with Crippen LogP contribution < -0.4 is 5.32 Å². The minimum absolute atomic E-state index is 0.0146. The number of aryl methyl sites for hydroxylation is 2. The zero-order chi connectivity index (χ0) is 14.8. The van der Waals surface area contributed by atoms with Gasteiger partial charge >= 0.3 is 0 Å². The molecule has 0 saturated heterocycles. The largest absolute Gasteiger partial charge is 0.379 e. The number of methoxy groups -OCH3 is 1. The summed E-state index contributed by atoms with van der Waals surface area (Å²) in [4.78, 5) is 14.2. The molecule has 0 radical (unpaired) electrons. The molecule has 2 aromatic rings. The summed E-state index contributed by atoms with van der Waals surface area (Å²) in [6, 6.07) is 10.5. The number of carbonyl (C=O) groups is 1. The molecule has 3 rings (SSSR count). The number of rotatable bonds is 4. The topological polar surface area (TPSA) is 38.3 Å². The molecule has 0 fully saturated rings. The highest BCUT2D eigenvalue weighted by Gasteiger charge is 2.24. The minimum Gasteiger partial charge on any atom is -0.379 e. The molecule has 110 valence electrons. The van der Waals surface area contributed by atoms with Gasteiger partial charge < -0.3 is 10.1 Å². The molecule has 0 unspecified atom stereocenters. The molecule has 1 heterocycles. The van der Waals surface area contributed by atoms with Crippen LogP contribution in [0, 0.1) is 6.92 Å². The van der Waals surface area contributed by atoms with Crippen molar-refractivity contribution >= 4 is 17.2 Å². The van der Waals surface area contributed by atoms with Crippen molar-refractivity contribution in [3.63, 3.8) is 0 Å². The second-order valence-corrected chi connectivity index (χ2v) is 6.63. The fourth-order valence-corrected chi connectivity index (χ4v) is 3.73. The van der Waals surface area contributed by atoms with Crippen LogP contribution in [0.4, 0.5) is 0 Å². The number of hydrogen-bond donors (Lipinski definition) is 1. The highest BCUT2D eigenvalue weighted by Crippen LogP contribution is 2.32. The van der Waals surface area contributed by atoms with Gasteiger partial charge in [0.2, 0.25) is 0 Å². The first-order valence-electron chi connectivity index (χ1n) is 7.15. The van der Waals surface area contributed by atoms with Crippen LogP contribution in [0.15, 0.2) is 30.3 Å². The maximum atomic E-state index is 12.4. The molecular formula is C17H19NO2S. The van der Waals surface area contributed by atoms with Crippen LogP contribution in [-0.2, 0) is 17.8 Å². The van der Waals surface area contributed by atoms with Crippen LogP contribution >= 0.6 is 11.3 Å². The van der Waals surface area contributed by atoms with Crippen molar-refractivity contribution in [2.45, 2.75) is 32.4 Å². The Hall–Kier alpha value is -1.65. The van der Waals surface area contributed by atoms with Gasteiger partial charge in [0.1, 0.15) is 0 Å². The van der Waals surface area contributed by atoms with E-state index in [1.54, 1.807) is 7.11 Å². The van der Waals surface area contributed by atoms with E-state index in [0.717, 1.165) is 22.6 Å². The number of nitrogens with one attached hydrogen (secondary N) is 1. The van der Waals surface area contributed by atoms with Gasteiger partial charge in [0.05, 0.1) is 17.5 Å². The van der Waals surface area contributed by atoms with E-state index in [4.69, 9.17) is 4.74 Å². The Morgan fingerprint density at radius 2 is 2.24 bits per heavy atom. The fraction of sp³-hybridized carbons (Fsp3) is 0.353. The molecule has 0 saturated carbocycles. The summed E-state index contributed by atoms with van der Waals surface area (Å²) >= 11 is 1.50. The summed E-state index contributed by atoms with van der Waals surface area (Å²) in [7, 11) is 1.66. The summed E-state index contributed by atoms with van der Waals surface area (Å²) < 4.78 is 5.09. The van der Waals surface area contributed by atoms with Crippen molar-refractivity contribution in [1.29, 1.82) is 0 Å². The molecule has 0 spiro atoms. The Morgan fingerprint density at radius 3 is 3.05 bits per heavy atom. The summed E-state index contributed by atoms with van der Waals surface area (Å²) in [5, 5.41) is 3.16. The van der Waals surface area contributed by atoms with Gasteiger partial charge in [0.15, 0.2) is 0 Å². The standard InChI is InChI=1S/C17H19NO2S/c1-11-3-6-14-12(9-11)4-7-15(14)18-17(19)16-8-5-13(21-16)10-20-2/h3,5-6,8-9,15H,4,7,10H2,1-2H3,(H,18,19)/t15-/m1/s1. The van der Waals surface area contributed by atoms with E-state index in [1.807, 2.05) is 12.1 Å². The van der Waals surface area contributed by atoms with Gasteiger partial charge in [0.25, 0.3) is 5.91 Å². The molecule has 4 heteroatoms. The molecule has 1 aromatic heterocycles. The molecule has 0 aliphatic heterocycles. The number of fused-ring (bicyclic) bond motifs is 1. The zero-order valence-electron chi connectivity index (χ0n) is 12.3. The van der Waals surface area contributed by atoms with Crippen LogP contribution in [0.3, 0.4) is 0 Å². The fourth-order valence-electron chi connectivity index (χ4n) is 2.85. The van der Waals surface area contributed by atoms with Gasteiger partial charge in [-0.15, -0.1) is 11.3 Å². The highest BCUT2D eigenvalue weighted by atomic mass is 32.1. The third kappa shape index (κ3) is 3.01. The monoisotopic (exact) mass is 301 g/mol. The van der Waals surface area contributed by atoms with E-state index >= 15 is 0 Å². The lowest BCUT2D eigenvalue weighted by Gasteiger charge is -2.13. The van der Waals surface area contributed by atoms with Gasteiger partial charge in [-0.25, -0.2) is 0 Å². The molecule has 1 amide bonds. The molecule has 3 nitrogen and oxygen atoms in total. The summed E-state index contributed by atoms with van der Waals surface area (Å²) in [6.07, 6.45) is 2.03. The average molecular weight is 301 g/mol. The van der Waals surface area contributed by atoms with Crippen molar-refractivity contribution in [3.05, 3.63) is 56.8 Å². The van der Waals surface area contributed by atoms with Gasteiger partial charge in [-0.2, -0.15) is 0 Å². The smallest absolute Gasteiger partial charge is 0.261 e. The summed E-state index contributed by atoms with van der Waals surface area (Å²) in [6.45, 7) is 2.67. The first kappa shape index (κ1) is 14.3. The first-order chi connectivity index (χ1) is 10.2. The molecule has 0 bridgehead atoms. The Balaban J connectivity index is 1.71. The number of hydrogen-bond acceptors (Lipinski definition) is 3. The lowest BCUT2D eigenvalue weighted by atomic mass is 10.1. The molecule has 1 aromatic carbocycles. The number of carbonyl (C=O) groups excluding carboxylic acids is 1. The first-order valence-corrected chi connectivity index (χ1v) is 7.97. The molecule has 1 aliphatic carbocycles. The maximum absolute atomic E-state index is 12.4. The third-order valence-electron chi connectivity index (χ3n) is 3.85. The second-order valence-electron chi connectivity index (χ2n) is 5.47. The Labute approximate surface area is 129 Å². The van der Waals surface area contributed by atoms with Gasteiger partial charge in [-0.05, 0) is 43.0 Å². The van der Waals surface area contributed by atoms with E-state index in [2.05, 4.69) is 30.4 Å². The van der Waals surface area contributed by atoms with E-state index in [0.29, 0.717) is 6.61 Å². The third-order valence-corrected chi connectivity index (χ3v) is 4.91. The quantitative estimate of drug-likeness (QED) is 0.936. The van der Waals surface area contributed by atoms with E-state index in [1.165, 1.54) is 28.0 Å². The number of amides is 1. The Morgan fingerprint density at radius 1 is 1.38 bits per heavy atom. The Kier molecular flexibility index (Phi) is 4.08. The number of thiophene rings is 1. The minimum atomic E-state index is 0.0146. The normalized spacial score (nSPS) is 16.8. The summed E-state index contributed by atoms with van der Waals surface area (Å²) in [5.41, 5.74) is 3.91. The van der Waals surface area contributed by atoms with Crippen LogP contribution in [0.5, 0.6) is 0 Å². The lowest BCUT2D eigenvalue weighted by molar-refractivity contribution is 0.0941. The van der Waals surface area contributed by atoms with Crippen molar-refractivity contribution in [1.82, 2.24) is 5.32 Å². The zero-order valence-corrected chi connectivity index (χ0v) is 13.1. The summed E-state index contributed by atoms with van der Waals surface area (Å²) in [5.74, 6) is 0.0146. The van der Waals surface area contributed by atoms with Crippen LogP contribution in [0.2, 0.25) is 0 Å². The predicted molar refractivity (Wildman–Crippen MR) is 84.7 cm³/mol. The highest BCUT2D eigenvalue weighted by molar-refractivity contribution is 7.14. The molecule has 21 heavy (non-hydrogen) atoms. The van der Waals surface area contributed by atoms with E-state index < -0.39 is 0 Å². The maximum Gasteiger partial charge on any atom is 0.261 e. The molecule has 1 N–H and O–H groups in total. The van der Waals surface area contributed by atoms with Crippen LogP contribution in [-0.4, -0.2) is 13.0 Å². The van der Waals surface area contributed by atoms with Crippen molar-refractivity contribution in [3.8, 4) is 0 Å². The van der Waals surface area contributed by atoms with Crippen LogP contribution in [0.25, 0.3) is 0 Å². The lowest BCUT2D eigenvalue weighted by Crippen LogP contribution is -2.26. The van der Waals surface area contributed by atoms with Gasteiger partial charge in [-0.3, -0.25) is 4.79 Å². The molecule has 1 aliphatic rings. The molecular weight excluding hydrogens is 282 g/mol. The van der Waals surface area contributed by atoms with Gasteiger partial charge in [0, 0.05) is 12.0 Å². The van der Waals surface area contributed by atoms with Crippen molar-refractivity contribution < 1.29 is 9.53 Å². The van der Waals surface area contributed by atoms with Crippen molar-refractivity contribution in [2.75, 3.05) is 7.11 Å². The predicted octanol–water partition coefficient (Wildman–Crippen LogP) is 3.62. The number of benzene rings is 1. The van der Waals surface area contributed by atoms with Crippen molar-refractivity contribution in [2.24, 2.45) is 0 Å².